The Kier molecular flexibility index (Phi) is 8.01. The molecule has 188 valence electrons. The van der Waals surface area contributed by atoms with Crippen LogP contribution in [0, 0.1) is 0 Å². The van der Waals surface area contributed by atoms with Crippen molar-refractivity contribution in [1.82, 2.24) is 10.2 Å². The molecule has 0 aliphatic carbocycles. The fourth-order valence-corrected chi connectivity index (χ4v) is 4.65. The lowest BCUT2D eigenvalue weighted by Crippen LogP contribution is -2.71. The Balaban J connectivity index is 1.80. The summed E-state index contributed by atoms with van der Waals surface area (Å²) in [6.45, 7) is 2.09. The average Bonchev–Trinajstić information content (AvgIpc) is 3.32. The topological polar surface area (TPSA) is 189 Å². The van der Waals surface area contributed by atoms with Crippen molar-refractivity contribution in [1.29, 1.82) is 0 Å². The standard InChI is InChI=1S/C20H22N4O10S/c1-9(25)33-10(2)34-19(28)15-11(7-32-20(21)29)8-35-18-14(17(27)24(15)18)22-16(26)13(23-30-3)12-5-4-6-31-12/h4-6,10,14,18H,7-8H2,1-3H3,(H2,21,29)(H,22,26)/b23-13+/t10-,14-,18-/m0/s1. The molecule has 2 aliphatic heterocycles. The van der Waals surface area contributed by atoms with Crippen molar-refractivity contribution >= 4 is 47.3 Å². The summed E-state index contributed by atoms with van der Waals surface area (Å²) < 4.78 is 19.9. The van der Waals surface area contributed by atoms with E-state index in [1.807, 2.05) is 0 Å². The number of primary amides is 1. The summed E-state index contributed by atoms with van der Waals surface area (Å²) in [4.78, 5) is 66.7. The van der Waals surface area contributed by atoms with Gasteiger partial charge in [-0.2, -0.15) is 0 Å². The number of nitrogens with one attached hydrogen (secondary N) is 1. The lowest BCUT2D eigenvalue weighted by Gasteiger charge is -2.49. The minimum atomic E-state index is -1.24. The first-order valence-corrected chi connectivity index (χ1v) is 11.1. The molecule has 0 saturated carbocycles. The van der Waals surface area contributed by atoms with Gasteiger partial charge in [-0.05, 0) is 12.1 Å². The number of carbonyl (C=O) groups is 5. The van der Waals surface area contributed by atoms with E-state index in [-0.39, 0.29) is 35.1 Å². The monoisotopic (exact) mass is 510 g/mol. The van der Waals surface area contributed by atoms with E-state index in [0.717, 1.165) is 11.8 Å². The normalized spacial score (nSPS) is 20.3. The molecule has 14 nitrogen and oxygen atoms in total. The van der Waals surface area contributed by atoms with Crippen molar-refractivity contribution in [2.45, 2.75) is 31.6 Å². The number of β-lactam (4-membered cyclic amide) rings is 1. The van der Waals surface area contributed by atoms with Gasteiger partial charge in [0.05, 0.1) is 6.26 Å². The summed E-state index contributed by atoms with van der Waals surface area (Å²) in [7, 11) is 1.25. The number of fused-ring (bicyclic) bond motifs is 1. The lowest BCUT2D eigenvalue weighted by atomic mass is 10.0. The van der Waals surface area contributed by atoms with Crippen molar-refractivity contribution in [3.63, 3.8) is 0 Å². The molecule has 3 N–H and O–H groups in total. The van der Waals surface area contributed by atoms with E-state index in [9.17, 15) is 24.0 Å². The number of carbonyl (C=O) groups excluding carboxylic acids is 5. The van der Waals surface area contributed by atoms with Crippen molar-refractivity contribution in [3.05, 3.63) is 35.4 Å². The molecule has 3 rings (SSSR count). The fourth-order valence-electron chi connectivity index (χ4n) is 3.32. The van der Waals surface area contributed by atoms with Crippen LogP contribution in [-0.4, -0.2) is 77.6 Å². The van der Waals surface area contributed by atoms with Gasteiger partial charge in [0.25, 0.3) is 11.8 Å². The van der Waals surface area contributed by atoms with Crippen LogP contribution in [0.5, 0.6) is 0 Å². The van der Waals surface area contributed by atoms with Gasteiger partial charge in [-0.3, -0.25) is 19.3 Å². The zero-order valence-electron chi connectivity index (χ0n) is 18.8. The largest absolute Gasteiger partial charge is 0.462 e. The summed E-state index contributed by atoms with van der Waals surface area (Å²) in [5.41, 5.74) is 4.89. The molecule has 35 heavy (non-hydrogen) atoms. The zero-order chi connectivity index (χ0) is 25.7. The molecule has 3 atom stereocenters. The van der Waals surface area contributed by atoms with Gasteiger partial charge in [-0.15, -0.1) is 11.8 Å². The van der Waals surface area contributed by atoms with Gasteiger partial charge >= 0.3 is 18.0 Å². The van der Waals surface area contributed by atoms with Gasteiger partial charge in [0.1, 0.15) is 30.8 Å². The van der Waals surface area contributed by atoms with E-state index in [4.69, 9.17) is 29.2 Å². The quantitative estimate of drug-likeness (QED) is 0.147. The van der Waals surface area contributed by atoms with E-state index in [1.165, 1.54) is 38.1 Å². The Labute approximate surface area is 202 Å². The minimum Gasteiger partial charge on any atom is -0.462 e. The van der Waals surface area contributed by atoms with E-state index < -0.39 is 47.6 Å². The van der Waals surface area contributed by atoms with E-state index in [0.29, 0.717) is 0 Å². The van der Waals surface area contributed by atoms with Crippen LogP contribution >= 0.6 is 11.8 Å². The van der Waals surface area contributed by atoms with Crippen molar-refractivity contribution in [2.24, 2.45) is 10.9 Å². The molecule has 1 saturated heterocycles. The molecule has 1 fully saturated rings. The first kappa shape index (κ1) is 25.6. The third-order valence-electron chi connectivity index (χ3n) is 4.67. The second kappa shape index (κ2) is 10.9. The van der Waals surface area contributed by atoms with Crippen molar-refractivity contribution in [2.75, 3.05) is 19.5 Å². The third-order valence-corrected chi connectivity index (χ3v) is 6.01. The van der Waals surface area contributed by atoms with Crippen LogP contribution in [0.1, 0.15) is 19.6 Å². The van der Waals surface area contributed by atoms with Crippen LogP contribution in [0.4, 0.5) is 4.79 Å². The highest BCUT2D eigenvalue weighted by atomic mass is 32.2. The maximum atomic E-state index is 13.0. The van der Waals surface area contributed by atoms with Crippen LogP contribution < -0.4 is 11.1 Å². The zero-order valence-corrected chi connectivity index (χ0v) is 19.7. The van der Waals surface area contributed by atoms with Crippen molar-refractivity contribution < 1.29 is 47.4 Å². The number of hydrogen-bond acceptors (Lipinski definition) is 12. The summed E-state index contributed by atoms with van der Waals surface area (Å²) in [5.74, 6) is -2.75. The first-order valence-electron chi connectivity index (χ1n) is 10.1. The number of thioether (sulfide) groups is 1. The maximum absolute atomic E-state index is 13.0. The molecule has 0 spiro atoms. The molecular weight excluding hydrogens is 488 g/mol. The van der Waals surface area contributed by atoms with Crippen LogP contribution in [0.25, 0.3) is 0 Å². The number of hydrogen-bond donors (Lipinski definition) is 2. The molecule has 15 heteroatoms. The second-order valence-electron chi connectivity index (χ2n) is 7.10. The number of esters is 2. The first-order chi connectivity index (χ1) is 16.6. The molecule has 3 heterocycles. The summed E-state index contributed by atoms with van der Waals surface area (Å²) in [6, 6.07) is 2.03. The summed E-state index contributed by atoms with van der Waals surface area (Å²) in [5, 5.41) is 5.53. The number of oxime groups is 1. The van der Waals surface area contributed by atoms with Crippen LogP contribution in [0.2, 0.25) is 0 Å². The van der Waals surface area contributed by atoms with Gasteiger partial charge < -0.3 is 34.5 Å². The number of ether oxygens (including phenoxy) is 3. The van der Waals surface area contributed by atoms with Crippen LogP contribution in [0.3, 0.4) is 0 Å². The Morgan fingerprint density at radius 3 is 2.69 bits per heavy atom. The number of nitrogens with zero attached hydrogens (tertiary/aromatic N) is 2. The molecule has 1 aromatic rings. The third kappa shape index (κ3) is 5.74. The van der Waals surface area contributed by atoms with Gasteiger partial charge in [-0.1, -0.05) is 5.16 Å². The molecule has 2 aliphatic rings. The smallest absolute Gasteiger partial charge is 0.404 e. The van der Waals surface area contributed by atoms with Crippen LogP contribution in [-0.2, 0) is 38.2 Å². The lowest BCUT2D eigenvalue weighted by molar-refractivity contribution is -0.182. The molecule has 0 unspecified atom stereocenters. The van der Waals surface area contributed by atoms with Gasteiger partial charge in [-0.25, -0.2) is 9.59 Å². The van der Waals surface area contributed by atoms with E-state index in [2.05, 4.69) is 10.5 Å². The number of nitrogens with two attached hydrogens (primary N) is 1. The Morgan fingerprint density at radius 1 is 1.34 bits per heavy atom. The number of amides is 3. The predicted octanol–water partition coefficient (Wildman–Crippen LogP) is -0.168. The van der Waals surface area contributed by atoms with Gasteiger partial charge in [0, 0.05) is 25.2 Å². The highest BCUT2D eigenvalue weighted by Crippen LogP contribution is 2.41. The highest BCUT2D eigenvalue weighted by Gasteiger charge is 2.55. The molecular formula is C20H22N4O10S. The summed E-state index contributed by atoms with van der Waals surface area (Å²) in [6.07, 6.45) is -0.976. The Bertz CT molecular complexity index is 1080. The predicted molar refractivity (Wildman–Crippen MR) is 117 cm³/mol. The number of furan rings is 1. The SMILES string of the molecule is CO/N=C(/C(=O)N[C@H]1C(=O)N2C(C(=O)O[C@@H](C)OC(C)=O)=C(COC(N)=O)CS[C@@H]12)c1ccco1. The number of rotatable bonds is 9. The van der Waals surface area contributed by atoms with Crippen LogP contribution in [0.15, 0.2) is 39.2 Å². The highest BCUT2D eigenvalue weighted by molar-refractivity contribution is 8.00. The summed E-state index contributed by atoms with van der Waals surface area (Å²) >= 11 is 1.21. The van der Waals surface area contributed by atoms with Crippen molar-refractivity contribution in [3.8, 4) is 0 Å². The minimum absolute atomic E-state index is 0.124. The van der Waals surface area contributed by atoms with E-state index in [1.54, 1.807) is 6.07 Å². The van der Waals surface area contributed by atoms with Gasteiger partial charge in [0.2, 0.25) is 12.0 Å². The molecule has 1 aromatic heterocycles. The molecule has 0 bridgehead atoms. The van der Waals surface area contributed by atoms with E-state index >= 15 is 0 Å². The average molecular weight is 510 g/mol. The fraction of sp³-hybridized carbons (Fsp3) is 0.400. The molecule has 0 radical (unpaired) electrons. The Hall–Kier alpha value is -4.01. The van der Waals surface area contributed by atoms with Gasteiger partial charge in [0.15, 0.2) is 5.76 Å². The second-order valence-corrected chi connectivity index (χ2v) is 8.21. The Morgan fingerprint density at radius 2 is 2.09 bits per heavy atom. The maximum Gasteiger partial charge on any atom is 0.404 e. The molecule has 0 aromatic carbocycles. The molecule has 3 amide bonds.